The molecule has 2 aliphatic rings. The SMILES string of the molecule is O=C(NC1CCCC1)[C@@H]1C[C@H](COc2cccc(C(F)(F)F)c2)CN(Cc2ccc(O)cc2)C1. The summed E-state index contributed by atoms with van der Waals surface area (Å²) in [7, 11) is 0. The van der Waals surface area contributed by atoms with Crippen molar-refractivity contribution >= 4 is 5.91 Å². The van der Waals surface area contributed by atoms with Crippen LogP contribution in [-0.4, -0.2) is 41.7 Å². The molecule has 2 aromatic carbocycles. The van der Waals surface area contributed by atoms with E-state index in [2.05, 4.69) is 10.2 Å². The van der Waals surface area contributed by atoms with Crippen molar-refractivity contribution in [2.45, 2.75) is 50.9 Å². The van der Waals surface area contributed by atoms with Crippen LogP contribution >= 0.6 is 0 Å². The lowest BCUT2D eigenvalue weighted by molar-refractivity contribution is -0.137. The maximum Gasteiger partial charge on any atom is 0.416 e. The number of rotatable bonds is 7. The number of hydrogen-bond donors (Lipinski definition) is 2. The summed E-state index contributed by atoms with van der Waals surface area (Å²) in [4.78, 5) is 15.2. The Morgan fingerprint density at radius 3 is 2.53 bits per heavy atom. The predicted molar refractivity (Wildman–Crippen MR) is 122 cm³/mol. The largest absolute Gasteiger partial charge is 0.508 e. The van der Waals surface area contributed by atoms with E-state index < -0.39 is 11.7 Å². The average Bonchev–Trinajstić information content (AvgIpc) is 3.32. The van der Waals surface area contributed by atoms with Gasteiger partial charge in [0.15, 0.2) is 0 Å². The Morgan fingerprint density at radius 2 is 1.82 bits per heavy atom. The number of phenols is 1. The molecule has 1 heterocycles. The normalized spacial score (nSPS) is 22.0. The number of benzene rings is 2. The summed E-state index contributed by atoms with van der Waals surface area (Å²) in [6.45, 7) is 2.14. The van der Waals surface area contributed by atoms with Crippen LogP contribution in [0.2, 0.25) is 0 Å². The lowest BCUT2D eigenvalue weighted by Gasteiger charge is -2.37. The van der Waals surface area contributed by atoms with Gasteiger partial charge in [-0.1, -0.05) is 31.0 Å². The first-order valence-electron chi connectivity index (χ1n) is 11.9. The standard InChI is InChI=1S/C26H31F3N2O3/c27-26(28,29)21-4-3-7-24(13-21)34-17-19-12-20(25(33)30-22-5-1-2-6-22)16-31(15-19)14-18-8-10-23(32)11-9-18/h3-4,7-11,13,19-20,22,32H,1-2,5-6,12,14-17H2,(H,30,33)/t19-,20+/m0/s1. The molecule has 0 spiro atoms. The van der Waals surface area contributed by atoms with E-state index >= 15 is 0 Å². The molecule has 4 rings (SSSR count). The summed E-state index contributed by atoms with van der Waals surface area (Å²) in [5.74, 6) is 0.216. The van der Waals surface area contributed by atoms with Gasteiger partial charge in [-0.05, 0) is 55.2 Å². The second-order valence-corrected chi connectivity index (χ2v) is 9.49. The zero-order valence-electron chi connectivity index (χ0n) is 19.1. The van der Waals surface area contributed by atoms with Crippen LogP contribution in [0.4, 0.5) is 13.2 Å². The topological polar surface area (TPSA) is 61.8 Å². The lowest BCUT2D eigenvalue weighted by atomic mass is 9.88. The lowest BCUT2D eigenvalue weighted by Crippen LogP contribution is -2.48. The van der Waals surface area contributed by atoms with E-state index in [0.29, 0.717) is 26.1 Å². The first-order chi connectivity index (χ1) is 16.3. The van der Waals surface area contributed by atoms with E-state index in [9.17, 15) is 23.1 Å². The molecule has 34 heavy (non-hydrogen) atoms. The molecule has 5 nitrogen and oxygen atoms in total. The number of nitrogens with one attached hydrogen (secondary N) is 1. The maximum atomic E-state index is 13.0. The van der Waals surface area contributed by atoms with E-state index in [4.69, 9.17) is 4.74 Å². The quantitative estimate of drug-likeness (QED) is 0.591. The van der Waals surface area contributed by atoms with Gasteiger partial charge >= 0.3 is 6.18 Å². The van der Waals surface area contributed by atoms with E-state index in [-0.39, 0.29) is 41.9 Å². The van der Waals surface area contributed by atoms with Crippen LogP contribution in [-0.2, 0) is 17.5 Å². The number of aromatic hydroxyl groups is 1. The zero-order valence-corrected chi connectivity index (χ0v) is 19.1. The van der Waals surface area contributed by atoms with Gasteiger partial charge in [-0.25, -0.2) is 0 Å². The number of carbonyl (C=O) groups is 1. The molecule has 1 aliphatic carbocycles. The van der Waals surface area contributed by atoms with Gasteiger partial charge < -0.3 is 15.2 Å². The minimum Gasteiger partial charge on any atom is -0.508 e. The van der Waals surface area contributed by atoms with Crippen LogP contribution in [0.25, 0.3) is 0 Å². The molecule has 1 amide bonds. The van der Waals surface area contributed by atoms with Crippen LogP contribution in [0.15, 0.2) is 48.5 Å². The summed E-state index contributed by atoms with van der Waals surface area (Å²) < 4.78 is 44.9. The van der Waals surface area contributed by atoms with Crippen molar-refractivity contribution < 1.29 is 27.8 Å². The second-order valence-electron chi connectivity index (χ2n) is 9.49. The molecule has 2 fully saturated rings. The summed E-state index contributed by atoms with van der Waals surface area (Å²) >= 11 is 0. The molecular weight excluding hydrogens is 445 g/mol. The highest BCUT2D eigenvalue weighted by molar-refractivity contribution is 5.79. The van der Waals surface area contributed by atoms with Crippen molar-refractivity contribution in [3.63, 3.8) is 0 Å². The zero-order chi connectivity index (χ0) is 24.1. The highest BCUT2D eigenvalue weighted by Crippen LogP contribution is 2.32. The molecule has 0 aromatic heterocycles. The molecule has 2 atom stereocenters. The molecule has 0 unspecified atom stereocenters. The number of halogens is 3. The number of hydrogen-bond acceptors (Lipinski definition) is 4. The number of ether oxygens (including phenoxy) is 1. The third-order valence-corrected chi connectivity index (χ3v) is 6.67. The van der Waals surface area contributed by atoms with Gasteiger partial charge in [-0.2, -0.15) is 13.2 Å². The van der Waals surface area contributed by atoms with Crippen molar-refractivity contribution in [1.82, 2.24) is 10.2 Å². The molecule has 0 bridgehead atoms. The van der Waals surface area contributed by atoms with Crippen molar-refractivity contribution in [2.75, 3.05) is 19.7 Å². The monoisotopic (exact) mass is 476 g/mol. The van der Waals surface area contributed by atoms with E-state index in [0.717, 1.165) is 43.4 Å². The van der Waals surface area contributed by atoms with Gasteiger partial charge in [-0.3, -0.25) is 9.69 Å². The molecule has 1 aliphatic heterocycles. The molecule has 0 radical (unpaired) electrons. The number of carbonyl (C=O) groups excluding carboxylic acids is 1. The van der Waals surface area contributed by atoms with Gasteiger partial charge in [0.05, 0.1) is 18.1 Å². The fourth-order valence-corrected chi connectivity index (χ4v) is 4.97. The minimum absolute atomic E-state index is 0.000244. The first kappa shape index (κ1) is 24.4. The van der Waals surface area contributed by atoms with Gasteiger partial charge in [0.1, 0.15) is 11.5 Å². The van der Waals surface area contributed by atoms with Crippen LogP contribution < -0.4 is 10.1 Å². The van der Waals surface area contributed by atoms with Crippen molar-refractivity contribution in [3.05, 3.63) is 59.7 Å². The first-order valence-corrected chi connectivity index (χ1v) is 11.9. The van der Waals surface area contributed by atoms with Crippen LogP contribution in [0.3, 0.4) is 0 Å². The summed E-state index contributed by atoms with van der Waals surface area (Å²) in [6.07, 6.45) is 0.500. The van der Waals surface area contributed by atoms with Crippen LogP contribution in [0.5, 0.6) is 11.5 Å². The van der Waals surface area contributed by atoms with Gasteiger partial charge in [-0.15, -0.1) is 0 Å². The maximum absolute atomic E-state index is 13.0. The summed E-state index contributed by atoms with van der Waals surface area (Å²) in [5, 5.41) is 12.7. The Bertz CT molecular complexity index is 959. The van der Waals surface area contributed by atoms with Gasteiger partial charge in [0.2, 0.25) is 5.91 Å². The van der Waals surface area contributed by atoms with Gasteiger partial charge in [0.25, 0.3) is 0 Å². The Labute approximate surface area is 197 Å². The second kappa shape index (κ2) is 10.7. The Hall–Kier alpha value is -2.74. The third-order valence-electron chi connectivity index (χ3n) is 6.67. The van der Waals surface area contributed by atoms with E-state index in [1.165, 1.54) is 12.1 Å². The minimum atomic E-state index is -4.42. The molecule has 2 aromatic rings. The predicted octanol–water partition coefficient (Wildman–Crippen LogP) is 4.99. The van der Waals surface area contributed by atoms with Crippen LogP contribution in [0, 0.1) is 11.8 Å². The van der Waals surface area contributed by atoms with E-state index in [1.807, 2.05) is 12.1 Å². The molecule has 8 heteroatoms. The van der Waals surface area contributed by atoms with Crippen LogP contribution in [0.1, 0.15) is 43.2 Å². The van der Waals surface area contributed by atoms with Crippen molar-refractivity contribution in [2.24, 2.45) is 11.8 Å². The van der Waals surface area contributed by atoms with Crippen molar-refractivity contribution in [3.8, 4) is 11.5 Å². The fraction of sp³-hybridized carbons (Fsp3) is 0.500. The van der Waals surface area contributed by atoms with E-state index in [1.54, 1.807) is 12.1 Å². The third kappa shape index (κ3) is 6.65. The molecular formula is C26H31F3N2O3. The number of nitrogens with zero attached hydrogens (tertiary/aromatic N) is 1. The Morgan fingerprint density at radius 1 is 1.09 bits per heavy atom. The number of piperidine rings is 1. The highest BCUT2D eigenvalue weighted by atomic mass is 19.4. The molecule has 2 N–H and O–H groups in total. The number of amides is 1. The summed E-state index contributed by atoms with van der Waals surface area (Å²) in [6, 6.07) is 12.1. The van der Waals surface area contributed by atoms with Crippen molar-refractivity contribution in [1.29, 1.82) is 0 Å². The average molecular weight is 477 g/mol. The van der Waals surface area contributed by atoms with Gasteiger partial charge in [0, 0.05) is 31.6 Å². The summed E-state index contributed by atoms with van der Waals surface area (Å²) in [5.41, 5.74) is 0.281. The smallest absolute Gasteiger partial charge is 0.416 e. The number of alkyl halides is 3. The molecule has 1 saturated heterocycles. The number of phenolic OH excluding ortho intramolecular Hbond substituents is 1. The fourth-order valence-electron chi connectivity index (χ4n) is 4.97. The molecule has 1 saturated carbocycles. The molecule has 184 valence electrons. The Kier molecular flexibility index (Phi) is 7.66. The Balaban J connectivity index is 1.42. The highest BCUT2D eigenvalue weighted by Gasteiger charge is 2.34. The number of likely N-dealkylation sites (tertiary alicyclic amines) is 1.